The SMILES string of the molecule is c1ccc(C2(c3ccccc3)c3ccccc3-c3c(-c4ccc(-c5ccc(-c6ccc(-c7cc8c9ccc%10ccccc%10c9sc8c8nc9cc%10ccccc%10cc9n78)cc6)c6ccccc56)cc4)cccc32)cc1. The third-order valence-electron chi connectivity index (χ3n) is 16.3. The third kappa shape index (κ3) is 6.17. The first kappa shape index (κ1) is 42.1. The molecule has 16 rings (SSSR count). The van der Waals surface area contributed by atoms with E-state index in [2.05, 4.69) is 271 Å². The van der Waals surface area contributed by atoms with Crippen molar-refractivity contribution in [2.45, 2.75) is 5.41 Å². The molecule has 0 amide bonds. The minimum atomic E-state index is -0.438. The Labute approximate surface area is 437 Å². The Morgan fingerprint density at radius 3 is 1.55 bits per heavy atom. The molecule has 0 aliphatic heterocycles. The molecule has 0 N–H and O–H groups in total. The number of hydrogen-bond acceptors (Lipinski definition) is 2. The van der Waals surface area contributed by atoms with E-state index in [9.17, 15) is 0 Å². The van der Waals surface area contributed by atoms with Crippen LogP contribution >= 0.6 is 11.3 Å². The van der Waals surface area contributed by atoms with Crippen LogP contribution in [0.2, 0.25) is 0 Å². The summed E-state index contributed by atoms with van der Waals surface area (Å²) in [5, 5.41) is 9.94. The number of aromatic nitrogens is 2. The number of benzene rings is 12. The van der Waals surface area contributed by atoms with Gasteiger partial charge in [-0.1, -0.05) is 249 Å². The van der Waals surface area contributed by atoms with Crippen LogP contribution in [-0.4, -0.2) is 9.38 Å². The average molecular weight is 969 g/mol. The van der Waals surface area contributed by atoms with Crippen molar-refractivity contribution in [3.05, 3.63) is 289 Å². The zero-order valence-electron chi connectivity index (χ0n) is 40.7. The van der Waals surface area contributed by atoms with Gasteiger partial charge in [0.25, 0.3) is 0 Å². The van der Waals surface area contributed by atoms with Crippen molar-refractivity contribution in [2.24, 2.45) is 0 Å². The molecule has 0 saturated heterocycles. The largest absolute Gasteiger partial charge is 0.291 e. The topological polar surface area (TPSA) is 17.3 Å². The van der Waals surface area contributed by atoms with Crippen molar-refractivity contribution in [1.82, 2.24) is 9.38 Å². The molecule has 1 aliphatic carbocycles. The van der Waals surface area contributed by atoms with E-state index in [4.69, 9.17) is 4.98 Å². The molecule has 0 saturated carbocycles. The Kier molecular flexibility index (Phi) is 9.16. The number of thiophene rings is 1. The molecule has 3 heterocycles. The van der Waals surface area contributed by atoms with E-state index < -0.39 is 5.41 Å². The predicted octanol–water partition coefficient (Wildman–Crippen LogP) is 19.3. The fourth-order valence-electron chi connectivity index (χ4n) is 12.9. The number of hydrogen-bond donors (Lipinski definition) is 0. The number of fused-ring (bicyclic) bond motifs is 14. The molecular weight excluding hydrogens is 925 g/mol. The molecular formula is C72H44N2S. The summed E-state index contributed by atoms with van der Waals surface area (Å²) in [6.07, 6.45) is 0. The second-order valence-corrected chi connectivity index (χ2v) is 21.1. The van der Waals surface area contributed by atoms with Crippen LogP contribution in [0, 0.1) is 0 Å². The number of pyridine rings is 1. The van der Waals surface area contributed by atoms with Crippen LogP contribution < -0.4 is 0 Å². The van der Waals surface area contributed by atoms with Gasteiger partial charge in [-0.3, -0.25) is 4.40 Å². The molecule has 3 aromatic heterocycles. The van der Waals surface area contributed by atoms with Gasteiger partial charge in [0.15, 0.2) is 5.65 Å². The van der Waals surface area contributed by atoms with Crippen molar-refractivity contribution in [1.29, 1.82) is 0 Å². The molecule has 0 unspecified atom stereocenters. The van der Waals surface area contributed by atoms with Gasteiger partial charge >= 0.3 is 0 Å². The van der Waals surface area contributed by atoms with Crippen molar-refractivity contribution >= 4 is 80.5 Å². The van der Waals surface area contributed by atoms with Crippen molar-refractivity contribution in [3.63, 3.8) is 0 Å². The zero-order chi connectivity index (χ0) is 49.2. The van der Waals surface area contributed by atoms with Crippen LogP contribution in [-0.2, 0) is 5.41 Å². The summed E-state index contributed by atoms with van der Waals surface area (Å²) in [5.74, 6) is 0. The second kappa shape index (κ2) is 16.3. The lowest BCUT2D eigenvalue weighted by atomic mass is 9.67. The minimum Gasteiger partial charge on any atom is -0.291 e. The van der Waals surface area contributed by atoms with Gasteiger partial charge in [0.05, 0.1) is 26.8 Å². The van der Waals surface area contributed by atoms with E-state index in [-0.39, 0.29) is 0 Å². The second-order valence-electron chi connectivity index (χ2n) is 20.1. The Balaban J connectivity index is 0.794. The molecule has 12 aromatic carbocycles. The standard InChI is InChI=1S/C72H44N2S/c1-3-19-52(20-4-1)72(53-21-5-2-6-22-53)63-28-14-13-26-61(63)68-56(27-15-29-64(68)72)48-32-30-46(31-33-48)54-40-41-55(59-25-12-11-24-58(54)59)47-34-36-49(37-35-47)66-44-62-60-39-38-45-16-9-10-23-57(45)69(60)75-70(62)71-73-65-42-50-17-7-8-18-51(50)43-67(65)74(66)71/h1-44H. The van der Waals surface area contributed by atoms with E-state index in [1.54, 1.807) is 0 Å². The van der Waals surface area contributed by atoms with E-state index in [0.717, 1.165) is 27.9 Å². The summed E-state index contributed by atoms with van der Waals surface area (Å²) < 4.78 is 4.92. The average Bonchev–Trinajstić information content (AvgIpc) is 4.17. The monoisotopic (exact) mass is 968 g/mol. The fourth-order valence-corrected chi connectivity index (χ4v) is 14.2. The van der Waals surface area contributed by atoms with Crippen molar-refractivity contribution < 1.29 is 0 Å². The maximum Gasteiger partial charge on any atom is 0.156 e. The van der Waals surface area contributed by atoms with E-state index in [1.807, 2.05) is 11.3 Å². The Morgan fingerprint density at radius 1 is 0.333 bits per heavy atom. The summed E-state index contributed by atoms with van der Waals surface area (Å²) in [6.45, 7) is 0. The quantitative estimate of drug-likeness (QED) is 0.162. The lowest BCUT2D eigenvalue weighted by Gasteiger charge is -2.34. The molecule has 3 heteroatoms. The highest BCUT2D eigenvalue weighted by atomic mass is 32.1. The van der Waals surface area contributed by atoms with Gasteiger partial charge in [-0.15, -0.1) is 11.3 Å². The summed E-state index contributed by atoms with van der Waals surface area (Å²) in [5.41, 5.74) is 20.0. The highest BCUT2D eigenvalue weighted by molar-refractivity contribution is 7.27. The first-order chi connectivity index (χ1) is 37.2. The van der Waals surface area contributed by atoms with E-state index >= 15 is 0 Å². The van der Waals surface area contributed by atoms with Gasteiger partial charge in [0, 0.05) is 15.5 Å². The predicted molar refractivity (Wildman–Crippen MR) is 317 cm³/mol. The first-order valence-corrected chi connectivity index (χ1v) is 26.7. The molecule has 1 aliphatic rings. The van der Waals surface area contributed by atoms with E-state index in [1.165, 1.54) is 119 Å². The minimum absolute atomic E-state index is 0.438. The molecule has 75 heavy (non-hydrogen) atoms. The maximum atomic E-state index is 5.43. The van der Waals surface area contributed by atoms with Gasteiger partial charge < -0.3 is 0 Å². The lowest BCUT2D eigenvalue weighted by molar-refractivity contribution is 0.768. The Morgan fingerprint density at radius 2 is 0.867 bits per heavy atom. The maximum absolute atomic E-state index is 5.43. The van der Waals surface area contributed by atoms with Crippen LogP contribution in [0.4, 0.5) is 0 Å². The Hall–Kier alpha value is -9.41. The number of nitrogens with zero attached hydrogens (tertiary/aromatic N) is 2. The number of imidazole rings is 1. The molecule has 0 atom stereocenters. The van der Waals surface area contributed by atoms with Gasteiger partial charge in [0.1, 0.15) is 0 Å². The molecule has 0 bridgehead atoms. The van der Waals surface area contributed by atoms with Crippen molar-refractivity contribution in [3.8, 4) is 55.8 Å². The molecule has 2 nitrogen and oxygen atoms in total. The molecule has 0 fully saturated rings. The van der Waals surface area contributed by atoms with E-state index in [0.29, 0.717) is 0 Å². The summed E-state index contributed by atoms with van der Waals surface area (Å²) in [6, 6.07) is 98.9. The van der Waals surface area contributed by atoms with Crippen LogP contribution in [0.1, 0.15) is 22.3 Å². The zero-order valence-corrected chi connectivity index (χ0v) is 41.5. The summed E-state index contributed by atoms with van der Waals surface area (Å²) in [7, 11) is 0. The third-order valence-corrected chi connectivity index (χ3v) is 17.5. The van der Waals surface area contributed by atoms with Crippen molar-refractivity contribution in [2.75, 3.05) is 0 Å². The molecule has 348 valence electrons. The van der Waals surface area contributed by atoms with Gasteiger partial charge in [0.2, 0.25) is 0 Å². The van der Waals surface area contributed by atoms with Crippen LogP contribution in [0.15, 0.2) is 267 Å². The molecule has 0 spiro atoms. The highest BCUT2D eigenvalue weighted by Crippen LogP contribution is 2.58. The normalized spacial score (nSPS) is 12.9. The highest BCUT2D eigenvalue weighted by Gasteiger charge is 2.46. The van der Waals surface area contributed by atoms with Crippen LogP contribution in [0.5, 0.6) is 0 Å². The van der Waals surface area contributed by atoms with Gasteiger partial charge in [-0.2, -0.15) is 0 Å². The summed E-state index contributed by atoms with van der Waals surface area (Å²) in [4.78, 5) is 5.43. The summed E-state index contributed by atoms with van der Waals surface area (Å²) >= 11 is 1.86. The van der Waals surface area contributed by atoms with Crippen LogP contribution in [0.3, 0.4) is 0 Å². The van der Waals surface area contributed by atoms with Gasteiger partial charge in [-0.25, -0.2) is 4.98 Å². The molecule has 0 radical (unpaired) electrons. The van der Waals surface area contributed by atoms with Crippen LogP contribution in [0.25, 0.3) is 125 Å². The Bertz CT molecular complexity index is 4760. The first-order valence-electron chi connectivity index (χ1n) is 25.8. The number of rotatable bonds is 6. The lowest BCUT2D eigenvalue weighted by Crippen LogP contribution is -2.28. The van der Waals surface area contributed by atoms with Gasteiger partial charge in [-0.05, 0) is 123 Å². The fraction of sp³-hybridized carbons (Fsp3) is 0.0139. The molecule has 15 aromatic rings. The smallest absolute Gasteiger partial charge is 0.156 e.